The second-order valence-electron chi connectivity index (χ2n) is 3.82. The average molecular weight is 262 g/mol. The van der Waals surface area contributed by atoms with E-state index in [1.807, 2.05) is 12.1 Å². The molecule has 4 nitrogen and oxygen atoms in total. The van der Waals surface area contributed by atoms with Crippen molar-refractivity contribution in [2.75, 3.05) is 7.11 Å². The molecule has 0 atom stereocenters. The van der Waals surface area contributed by atoms with Gasteiger partial charge < -0.3 is 13.8 Å². The molecular weight excluding hydrogens is 251 g/mol. The van der Waals surface area contributed by atoms with Crippen LogP contribution in [0.1, 0.15) is 0 Å². The van der Waals surface area contributed by atoms with E-state index in [-0.39, 0.29) is 0 Å². The highest BCUT2D eigenvalue weighted by molar-refractivity contribution is 7.63. The Hall–Kier alpha value is -1.93. The molecule has 0 amide bonds. The molecule has 0 radical (unpaired) electrons. The van der Waals surface area contributed by atoms with Gasteiger partial charge in [0.2, 0.25) is 0 Å². The molecule has 3 rings (SSSR count). The lowest BCUT2D eigenvalue weighted by Gasteiger charge is -2.10. The predicted molar refractivity (Wildman–Crippen MR) is 67.9 cm³/mol. The predicted octanol–water partition coefficient (Wildman–Crippen LogP) is 2.99. The lowest BCUT2D eigenvalue weighted by atomic mass is 10.3. The second kappa shape index (κ2) is 4.07. The minimum Gasteiger partial charge on any atom is -0.497 e. The van der Waals surface area contributed by atoms with Crippen LogP contribution >= 0.6 is 7.60 Å². The van der Waals surface area contributed by atoms with Crippen molar-refractivity contribution in [3.05, 3.63) is 48.5 Å². The summed E-state index contributed by atoms with van der Waals surface area (Å²) in [4.78, 5) is 0. The lowest BCUT2D eigenvalue weighted by molar-refractivity contribution is 0.414. The molecule has 1 heterocycles. The summed E-state index contributed by atoms with van der Waals surface area (Å²) in [5.41, 5.74) is 0. The van der Waals surface area contributed by atoms with Crippen LogP contribution in [0.5, 0.6) is 17.2 Å². The molecule has 18 heavy (non-hydrogen) atoms. The molecule has 0 aliphatic carbocycles. The molecule has 0 bridgehead atoms. The number of hydrogen-bond acceptors (Lipinski definition) is 4. The first-order chi connectivity index (χ1) is 8.71. The third-order valence-electron chi connectivity index (χ3n) is 2.67. The summed E-state index contributed by atoms with van der Waals surface area (Å²) in [6.07, 6.45) is 0. The van der Waals surface area contributed by atoms with E-state index in [1.165, 1.54) is 0 Å². The molecule has 0 saturated carbocycles. The normalized spacial score (nSPS) is 15.4. The average Bonchev–Trinajstić information content (AvgIpc) is 2.76. The van der Waals surface area contributed by atoms with Crippen molar-refractivity contribution in [1.29, 1.82) is 0 Å². The Kier molecular flexibility index (Phi) is 2.53. The fourth-order valence-corrected chi connectivity index (χ4v) is 3.33. The Morgan fingerprint density at radius 3 is 2.00 bits per heavy atom. The van der Waals surface area contributed by atoms with E-state index in [0.29, 0.717) is 22.6 Å². The Morgan fingerprint density at radius 1 is 0.944 bits per heavy atom. The zero-order valence-corrected chi connectivity index (χ0v) is 10.6. The number of hydrogen-bond donors (Lipinski definition) is 0. The first kappa shape index (κ1) is 11.2. The number of fused-ring (bicyclic) bond motifs is 1. The summed E-state index contributed by atoms with van der Waals surface area (Å²) in [6, 6.07) is 13.9. The van der Waals surface area contributed by atoms with Crippen molar-refractivity contribution < 1.29 is 18.3 Å². The SMILES string of the molecule is COc1ccc(P2(=O)Oc3ccccc3O2)cc1. The zero-order chi connectivity index (χ0) is 12.6. The molecule has 1 aliphatic rings. The van der Waals surface area contributed by atoms with E-state index in [1.54, 1.807) is 43.5 Å². The molecule has 1 aliphatic heterocycles. The molecule has 0 spiro atoms. The van der Waals surface area contributed by atoms with E-state index >= 15 is 0 Å². The molecule has 0 saturated heterocycles. The highest BCUT2D eigenvalue weighted by Gasteiger charge is 2.38. The van der Waals surface area contributed by atoms with Gasteiger partial charge in [-0.05, 0) is 36.4 Å². The van der Waals surface area contributed by atoms with Crippen LogP contribution in [0.3, 0.4) is 0 Å². The molecule has 0 unspecified atom stereocenters. The van der Waals surface area contributed by atoms with Crippen LogP contribution in [0.15, 0.2) is 48.5 Å². The summed E-state index contributed by atoms with van der Waals surface area (Å²) < 4.78 is 28.5. The van der Waals surface area contributed by atoms with E-state index in [4.69, 9.17) is 13.8 Å². The monoisotopic (exact) mass is 262 g/mol. The molecule has 2 aromatic rings. The van der Waals surface area contributed by atoms with Crippen molar-refractivity contribution in [3.63, 3.8) is 0 Å². The van der Waals surface area contributed by atoms with Crippen LogP contribution in [0.25, 0.3) is 0 Å². The Labute approximate surface area is 105 Å². The van der Waals surface area contributed by atoms with Crippen molar-refractivity contribution in [1.82, 2.24) is 0 Å². The summed E-state index contributed by atoms with van der Waals surface area (Å²) in [5.74, 6) is 1.72. The number of methoxy groups -OCH3 is 1. The lowest BCUT2D eigenvalue weighted by Crippen LogP contribution is -2.09. The number of ether oxygens (including phenoxy) is 1. The van der Waals surface area contributed by atoms with Gasteiger partial charge in [-0.2, -0.15) is 0 Å². The maximum absolute atomic E-state index is 12.6. The fraction of sp³-hybridized carbons (Fsp3) is 0.0769. The third kappa shape index (κ3) is 1.75. The minimum atomic E-state index is -3.29. The molecular formula is C13H11O4P. The standard InChI is InChI=1S/C13H11O4P/c1-15-10-6-8-11(9-7-10)18(14)16-12-4-2-3-5-13(12)17-18/h2-9H,1H3. The first-order valence-corrected chi connectivity index (χ1v) is 6.98. The number of para-hydroxylation sites is 2. The molecule has 0 N–H and O–H groups in total. The minimum absolute atomic E-state index is 0.511. The zero-order valence-electron chi connectivity index (χ0n) is 9.70. The fourth-order valence-electron chi connectivity index (χ4n) is 1.75. The summed E-state index contributed by atoms with van der Waals surface area (Å²) in [6.45, 7) is 0. The van der Waals surface area contributed by atoms with Gasteiger partial charge in [0.25, 0.3) is 0 Å². The van der Waals surface area contributed by atoms with Gasteiger partial charge in [-0.3, -0.25) is 0 Å². The third-order valence-corrected chi connectivity index (χ3v) is 4.48. The van der Waals surface area contributed by atoms with E-state index < -0.39 is 7.60 Å². The molecule has 5 heteroatoms. The van der Waals surface area contributed by atoms with Gasteiger partial charge in [0.15, 0.2) is 11.5 Å². The summed E-state index contributed by atoms with van der Waals surface area (Å²) in [5, 5.41) is 0.513. The maximum atomic E-state index is 12.6. The number of rotatable bonds is 2. The van der Waals surface area contributed by atoms with Crippen molar-refractivity contribution >= 4 is 12.9 Å². The van der Waals surface area contributed by atoms with Crippen LogP contribution in [-0.4, -0.2) is 7.11 Å². The van der Waals surface area contributed by atoms with Crippen LogP contribution in [0, 0.1) is 0 Å². The molecule has 92 valence electrons. The van der Waals surface area contributed by atoms with Gasteiger partial charge in [-0.15, -0.1) is 0 Å². The van der Waals surface area contributed by atoms with Crippen molar-refractivity contribution in [3.8, 4) is 17.2 Å². The smallest absolute Gasteiger partial charge is 0.463 e. The highest BCUT2D eigenvalue weighted by atomic mass is 31.2. The first-order valence-electron chi connectivity index (χ1n) is 5.44. The van der Waals surface area contributed by atoms with Crippen LogP contribution in [-0.2, 0) is 4.57 Å². The van der Waals surface area contributed by atoms with E-state index in [2.05, 4.69) is 0 Å². The topological polar surface area (TPSA) is 44.8 Å². The van der Waals surface area contributed by atoms with Crippen molar-refractivity contribution in [2.24, 2.45) is 0 Å². The molecule has 0 aromatic heterocycles. The van der Waals surface area contributed by atoms with E-state index in [9.17, 15) is 4.57 Å². The van der Waals surface area contributed by atoms with E-state index in [0.717, 1.165) is 0 Å². The maximum Gasteiger partial charge on any atom is 0.463 e. The van der Waals surface area contributed by atoms with Gasteiger partial charge in [0.1, 0.15) is 5.75 Å². The Morgan fingerprint density at radius 2 is 1.50 bits per heavy atom. The van der Waals surface area contributed by atoms with Gasteiger partial charge in [-0.25, -0.2) is 4.57 Å². The molecule has 2 aromatic carbocycles. The highest BCUT2D eigenvalue weighted by Crippen LogP contribution is 2.57. The number of benzene rings is 2. The summed E-state index contributed by atoms with van der Waals surface area (Å²) in [7, 11) is -1.71. The second-order valence-corrected chi connectivity index (χ2v) is 5.70. The largest absolute Gasteiger partial charge is 0.497 e. The summed E-state index contributed by atoms with van der Waals surface area (Å²) >= 11 is 0. The van der Waals surface area contributed by atoms with Crippen LogP contribution < -0.4 is 19.1 Å². The van der Waals surface area contributed by atoms with Gasteiger partial charge in [0.05, 0.1) is 12.4 Å². The Balaban J connectivity index is 1.96. The van der Waals surface area contributed by atoms with Gasteiger partial charge in [0, 0.05) is 0 Å². The van der Waals surface area contributed by atoms with Gasteiger partial charge >= 0.3 is 7.60 Å². The Bertz CT molecular complexity index is 592. The van der Waals surface area contributed by atoms with Crippen molar-refractivity contribution in [2.45, 2.75) is 0 Å². The quantitative estimate of drug-likeness (QED) is 0.780. The van der Waals surface area contributed by atoms with Crippen LogP contribution in [0.2, 0.25) is 0 Å². The van der Waals surface area contributed by atoms with Crippen LogP contribution in [0.4, 0.5) is 0 Å². The van der Waals surface area contributed by atoms with Gasteiger partial charge in [-0.1, -0.05) is 12.1 Å². The molecule has 0 fully saturated rings.